The highest BCUT2D eigenvalue weighted by Crippen LogP contribution is 2.55. The molecule has 3 fully saturated rings. The van der Waals surface area contributed by atoms with Crippen molar-refractivity contribution in [2.45, 2.75) is 200 Å². The predicted octanol–water partition coefficient (Wildman–Crippen LogP) is 19.1. The number of carbonyl (C=O) groups is 5. The van der Waals surface area contributed by atoms with Crippen molar-refractivity contribution in [3.8, 4) is 0 Å². The first kappa shape index (κ1) is 92.0. The van der Waals surface area contributed by atoms with Gasteiger partial charge in [0.15, 0.2) is 0 Å². The third-order valence-corrected chi connectivity index (χ3v) is 19.6. The van der Waals surface area contributed by atoms with Crippen LogP contribution in [0.4, 0.5) is 88.6 Å². The molecule has 34 heteroatoms. The van der Waals surface area contributed by atoms with E-state index in [1.807, 2.05) is 12.1 Å². The molecule has 3 atom stereocenters. The molecule has 4 amide bonds. The molecular weight excluding hydrogens is 1550 g/mol. The largest absolute Gasteiger partial charge is 0.480 e. The van der Waals surface area contributed by atoms with E-state index in [2.05, 4.69) is 10.6 Å². The zero-order chi connectivity index (χ0) is 86.0. The summed E-state index contributed by atoms with van der Waals surface area (Å²) in [4.78, 5) is 65.9. The quantitative estimate of drug-likeness (QED) is 0.0527. The van der Waals surface area contributed by atoms with Gasteiger partial charge < -0.3 is 55.0 Å². The molecule has 3 aliphatic carbocycles. The van der Waals surface area contributed by atoms with Gasteiger partial charge >= 0.3 is 55.2 Å². The smallest absolute Gasteiger partial charge is 0.416 e. The molecule has 0 heterocycles. The van der Waals surface area contributed by atoms with Crippen molar-refractivity contribution < 1.29 is 132 Å². The molecule has 0 saturated heterocycles. The minimum atomic E-state index is -5.01. The van der Waals surface area contributed by atoms with E-state index in [4.69, 9.17) is 29.4 Å². The molecule has 0 unspecified atom stereocenters. The molecule has 16 nitrogen and oxygen atoms in total. The first-order valence-electron chi connectivity index (χ1n) is 35.4. The number of carbonyl (C=O) groups excluding carboxylic acids is 4. The number of aliphatic carboxylic acids is 1. The molecule has 3 aliphatic rings. The second-order valence-corrected chi connectivity index (χ2v) is 31.7. The molecule has 114 heavy (non-hydrogen) atoms. The Balaban J connectivity index is 0.000000238. The Hall–Kier alpha value is -9.15. The summed E-state index contributed by atoms with van der Waals surface area (Å²) >= 11 is 0. The minimum absolute atomic E-state index is 0.0323. The summed E-state index contributed by atoms with van der Waals surface area (Å²) in [7, 11) is 6.25. The number of rotatable bonds is 20. The van der Waals surface area contributed by atoms with Crippen LogP contribution in [0.2, 0.25) is 0 Å². The SMILES string of the molecule is C[C@@H](OCC1(c2ccccc2)CC(N)(C(=O)N(C)C)C1)c1cc(C(F)(F)F)cc(C(F)(F)F)c1.C[C@@H](OCC1(c2ccccc2)CC(NC(=O)OC(C)(C)C)(C(=O)N(C)C)C1)c1cc(C(F)(F)F)cc(C(F)(F)F)c1.C[C@@H](OCC1(c2ccccc2)CC(NC(=O)OC(C)(C)C)(C(=O)O)C1)c1cc(C(F)(F)F)cc(C(F)(F)F)c1. The molecule has 6 aromatic carbocycles. The summed E-state index contributed by atoms with van der Waals surface area (Å²) in [6.07, 6.45) is -34.8. The molecule has 6 aromatic rings. The van der Waals surface area contributed by atoms with E-state index >= 15 is 0 Å². The number of nitrogens with zero attached hydrogens (tertiary/aromatic N) is 2. The number of benzene rings is 6. The van der Waals surface area contributed by atoms with E-state index in [1.165, 1.54) is 44.7 Å². The molecule has 0 aromatic heterocycles. The number of nitrogens with one attached hydrogen (secondary N) is 2. The van der Waals surface area contributed by atoms with Gasteiger partial charge in [-0.3, -0.25) is 9.59 Å². The number of alkyl carbamates (subject to hydrolysis) is 2. The van der Waals surface area contributed by atoms with Gasteiger partial charge in [0, 0.05) is 44.4 Å². The van der Waals surface area contributed by atoms with Crippen molar-refractivity contribution in [1.29, 1.82) is 0 Å². The van der Waals surface area contributed by atoms with E-state index < -0.39 is 157 Å². The van der Waals surface area contributed by atoms with E-state index in [1.54, 1.807) is 135 Å². The van der Waals surface area contributed by atoms with E-state index in [0.29, 0.717) is 42.0 Å². The van der Waals surface area contributed by atoms with Crippen LogP contribution in [0.25, 0.3) is 0 Å². The van der Waals surface area contributed by atoms with E-state index in [0.717, 1.165) is 11.1 Å². The van der Waals surface area contributed by atoms with Gasteiger partial charge in [-0.05, 0) is 189 Å². The van der Waals surface area contributed by atoms with E-state index in [-0.39, 0.29) is 99.1 Å². The lowest BCUT2D eigenvalue weighted by molar-refractivity contribution is -0.155. The Labute approximate surface area is 646 Å². The fraction of sp³-hybridized carbons (Fsp3) is 0.487. The minimum Gasteiger partial charge on any atom is -0.480 e. The summed E-state index contributed by atoms with van der Waals surface area (Å²) in [6.45, 7) is 13.5. The maximum Gasteiger partial charge on any atom is 0.416 e. The molecule has 0 bridgehead atoms. The summed E-state index contributed by atoms with van der Waals surface area (Å²) in [5.74, 6) is -1.98. The number of nitrogens with two attached hydrogens (primary N) is 1. The second-order valence-electron chi connectivity index (χ2n) is 31.7. The van der Waals surface area contributed by atoms with Crippen LogP contribution in [-0.4, -0.2) is 121 Å². The topological polar surface area (TPSA) is 208 Å². The summed E-state index contributed by atoms with van der Waals surface area (Å²) in [5.41, 5.74) is -9.46. The maximum absolute atomic E-state index is 13.4. The fourth-order valence-corrected chi connectivity index (χ4v) is 14.3. The lowest BCUT2D eigenvalue weighted by Crippen LogP contribution is -2.71. The lowest BCUT2D eigenvalue weighted by Gasteiger charge is -2.56. The number of carboxylic acid groups (broad SMARTS) is 1. The van der Waals surface area contributed by atoms with Crippen molar-refractivity contribution in [2.24, 2.45) is 5.73 Å². The van der Waals surface area contributed by atoms with Crippen LogP contribution in [0.15, 0.2) is 146 Å². The Kier molecular flexibility index (Phi) is 27.1. The Morgan fingerprint density at radius 3 is 0.833 bits per heavy atom. The van der Waals surface area contributed by atoms with Gasteiger partial charge in [0.2, 0.25) is 11.8 Å². The zero-order valence-corrected chi connectivity index (χ0v) is 64.3. The van der Waals surface area contributed by atoms with Crippen LogP contribution < -0.4 is 16.4 Å². The van der Waals surface area contributed by atoms with Crippen molar-refractivity contribution in [2.75, 3.05) is 48.0 Å². The number of alkyl halides is 18. The van der Waals surface area contributed by atoms with Gasteiger partial charge in [0.05, 0.1) is 77.1 Å². The maximum atomic E-state index is 13.4. The molecule has 0 radical (unpaired) electrons. The van der Waals surface area contributed by atoms with Gasteiger partial charge in [-0.2, -0.15) is 79.0 Å². The number of halogens is 18. The van der Waals surface area contributed by atoms with Crippen molar-refractivity contribution >= 4 is 30.0 Å². The van der Waals surface area contributed by atoms with Crippen molar-refractivity contribution in [1.82, 2.24) is 20.4 Å². The molecule has 0 spiro atoms. The first-order chi connectivity index (χ1) is 52.0. The number of amides is 4. The summed E-state index contributed by atoms with van der Waals surface area (Å²) < 4.78 is 268. The molecule has 0 aliphatic heterocycles. The lowest BCUT2D eigenvalue weighted by atomic mass is 9.54. The first-order valence-corrected chi connectivity index (χ1v) is 35.4. The van der Waals surface area contributed by atoms with Crippen LogP contribution >= 0.6 is 0 Å². The second kappa shape index (κ2) is 33.6. The average molecular weight is 1640 g/mol. The van der Waals surface area contributed by atoms with Crippen LogP contribution in [-0.2, 0) is 91.4 Å². The number of ether oxygens (including phenoxy) is 5. The molecular formula is C80H89F18N5O11. The highest BCUT2D eigenvalue weighted by molar-refractivity contribution is 5.92. The molecule has 626 valence electrons. The van der Waals surface area contributed by atoms with Gasteiger partial charge in [-0.15, -0.1) is 0 Å². The molecule has 9 rings (SSSR count). The fourth-order valence-electron chi connectivity index (χ4n) is 14.3. The predicted molar refractivity (Wildman–Crippen MR) is 381 cm³/mol. The summed E-state index contributed by atoms with van der Waals surface area (Å²) in [5, 5.41) is 15.1. The summed E-state index contributed by atoms with van der Waals surface area (Å²) in [6, 6.07) is 30.5. The van der Waals surface area contributed by atoms with Crippen LogP contribution in [0.1, 0.15) is 186 Å². The number of likely N-dealkylation sites (N-methyl/N-ethyl adjacent to an activating group) is 2. The molecule has 3 saturated carbocycles. The van der Waals surface area contributed by atoms with Crippen LogP contribution in [0.3, 0.4) is 0 Å². The zero-order valence-electron chi connectivity index (χ0n) is 64.3. The number of carboxylic acids is 1. The number of hydrogen-bond acceptors (Lipinski definition) is 11. The van der Waals surface area contributed by atoms with Crippen LogP contribution in [0, 0.1) is 0 Å². The van der Waals surface area contributed by atoms with Gasteiger partial charge in [0.25, 0.3) is 0 Å². The standard InChI is InChI=1S/C29H34F6N2O4.C27H29F6NO5.C24H26F6N2O2/c1-18(19-12-21(28(30,31)32)14-22(13-19)29(33,34)35)40-17-26(20-10-8-7-9-11-20)15-27(16-26,23(38)37(5)6)36-24(39)41-25(2,3)4;1-16(17-10-19(26(28,29)30)12-20(11-17)27(31,32)33)38-15-24(18-8-6-5-7-9-18)13-25(14-24,21(35)36)34-22(37)39-23(2,3)4;1-15(16-9-18(23(25,26)27)11-19(10-16)24(28,29)30)34-14-21(17-7-5-4-6-8-17)12-22(31,13-21)20(33)32(2)3/h7-14,18H,15-17H2,1-6H3,(H,36,39);5-12,16H,13-15H2,1-4H3,(H,34,37)(H,35,36);4-11,15H,12-14,31H2,1-3H3/t18-,26?,27?;16-,24?,25?;15-,21?,22?/m111/s1. The Morgan fingerprint density at radius 2 is 0.614 bits per heavy atom. The third kappa shape index (κ3) is 22.7. The Bertz CT molecular complexity index is 4250. The third-order valence-electron chi connectivity index (χ3n) is 19.6. The van der Waals surface area contributed by atoms with Gasteiger partial charge in [-0.1, -0.05) is 91.0 Å². The van der Waals surface area contributed by atoms with Gasteiger partial charge in [-0.25, -0.2) is 14.4 Å². The highest BCUT2D eigenvalue weighted by atomic mass is 19.4. The van der Waals surface area contributed by atoms with E-state index in [9.17, 15) is 108 Å². The monoisotopic (exact) mass is 1640 g/mol. The molecule has 5 N–H and O–H groups in total. The van der Waals surface area contributed by atoms with Crippen molar-refractivity contribution in [3.05, 3.63) is 212 Å². The Morgan fingerprint density at radius 1 is 0.386 bits per heavy atom. The van der Waals surface area contributed by atoms with Crippen molar-refractivity contribution in [3.63, 3.8) is 0 Å². The normalized spacial score (nSPS) is 22.7. The average Bonchev–Trinajstić information content (AvgIpc) is 0.726. The highest BCUT2D eigenvalue weighted by Gasteiger charge is 2.64. The number of hydrogen-bond donors (Lipinski definition) is 4. The van der Waals surface area contributed by atoms with Crippen LogP contribution in [0.5, 0.6) is 0 Å². The van der Waals surface area contributed by atoms with Gasteiger partial charge in [0.1, 0.15) is 22.3 Å².